The normalized spacial score (nSPS) is 11.2. The first-order valence-corrected chi connectivity index (χ1v) is 4.88. The maximum Gasteiger partial charge on any atom is 0.336 e. The maximum absolute atomic E-state index is 13.0. The fourth-order valence-electron chi connectivity index (χ4n) is 1.49. The lowest BCUT2D eigenvalue weighted by molar-refractivity contribution is 0.0693. The smallest absolute Gasteiger partial charge is 0.336 e. The number of carboxylic acid groups (broad SMARTS) is 1. The molecule has 0 aliphatic rings. The van der Waals surface area contributed by atoms with Gasteiger partial charge in [-0.05, 0) is 30.8 Å². The van der Waals surface area contributed by atoms with Gasteiger partial charge in [-0.15, -0.1) is 0 Å². The summed E-state index contributed by atoms with van der Waals surface area (Å²) in [7, 11) is 1.42. The number of carboxylic acids is 1. The number of hydrogen-bond acceptors (Lipinski definition) is 2. The van der Waals surface area contributed by atoms with Crippen LogP contribution in [0.25, 0.3) is 0 Å². The average Bonchev–Trinajstić information content (AvgIpc) is 2.15. The Kier molecular flexibility index (Phi) is 4.51. The van der Waals surface area contributed by atoms with Crippen LogP contribution in [0.2, 0.25) is 0 Å². The van der Waals surface area contributed by atoms with E-state index in [1.54, 1.807) is 0 Å². The highest BCUT2D eigenvalue weighted by Crippen LogP contribution is 2.14. The second kappa shape index (κ2) is 5.67. The van der Waals surface area contributed by atoms with Gasteiger partial charge in [0.25, 0.3) is 6.43 Å². The molecule has 0 spiro atoms. The standard InChI is InChI=1S/C11H12F3NO2/c1-15(6-10(13)14)5-7-4-8(12)2-3-9(7)11(16)17/h2-4,10H,5-6H2,1H3,(H,16,17). The number of rotatable bonds is 5. The molecule has 0 bridgehead atoms. The molecule has 6 heteroatoms. The molecule has 17 heavy (non-hydrogen) atoms. The Labute approximate surface area is 96.5 Å². The summed E-state index contributed by atoms with van der Waals surface area (Å²) in [6.07, 6.45) is -2.51. The monoisotopic (exact) mass is 247 g/mol. The molecule has 0 aliphatic heterocycles. The van der Waals surface area contributed by atoms with Crippen LogP contribution in [0.3, 0.4) is 0 Å². The molecule has 0 radical (unpaired) electrons. The molecule has 94 valence electrons. The number of benzene rings is 1. The van der Waals surface area contributed by atoms with E-state index in [9.17, 15) is 18.0 Å². The SMILES string of the molecule is CN(Cc1cc(F)ccc1C(=O)O)CC(F)F. The summed E-state index contributed by atoms with van der Waals surface area (Å²) >= 11 is 0. The lowest BCUT2D eigenvalue weighted by Crippen LogP contribution is -2.25. The first-order valence-electron chi connectivity index (χ1n) is 4.88. The minimum atomic E-state index is -2.51. The molecule has 0 aromatic heterocycles. The Morgan fingerprint density at radius 3 is 2.65 bits per heavy atom. The minimum absolute atomic E-state index is 0.0380. The molecule has 1 aromatic rings. The summed E-state index contributed by atoms with van der Waals surface area (Å²) in [6, 6.07) is 3.20. The van der Waals surface area contributed by atoms with Gasteiger partial charge in [0.1, 0.15) is 5.82 Å². The number of carbonyl (C=O) groups is 1. The van der Waals surface area contributed by atoms with Crippen LogP contribution in [0.4, 0.5) is 13.2 Å². The van der Waals surface area contributed by atoms with Gasteiger partial charge in [-0.3, -0.25) is 4.90 Å². The first kappa shape index (κ1) is 13.5. The molecule has 0 heterocycles. The van der Waals surface area contributed by atoms with Crippen molar-refractivity contribution >= 4 is 5.97 Å². The van der Waals surface area contributed by atoms with Crippen LogP contribution in [0.15, 0.2) is 18.2 Å². The lowest BCUT2D eigenvalue weighted by Gasteiger charge is -2.17. The van der Waals surface area contributed by atoms with Crippen molar-refractivity contribution in [3.8, 4) is 0 Å². The van der Waals surface area contributed by atoms with Crippen molar-refractivity contribution in [1.29, 1.82) is 0 Å². The molecular formula is C11H12F3NO2. The van der Waals surface area contributed by atoms with E-state index in [0.717, 1.165) is 18.2 Å². The third-order valence-electron chi connectivity index (χ3n) is 2.19. The Hall–Kier alpha value is -1.56. The Balaban J connectivity index is 2.88. The van der Waals surface area contributed by atoms with Gasteiger partial charge in [-0.1, -0.05) is 0 Å². The highest BCUT2D eigenvalue weighted by atomic mass is 19.3. The minimum Gasteiger partial charge on any atom is -0.478 e. The summed E-state index contributed by atoms with van der Waals surface area (Å²) < 4.78 is 37.2. The van der Waals surface area contributed by atoms with E-state index in [4.69, 9.17) is 5.11 Å². The van der Waals surface area contributed by atoms with Crippen molar-refractivity contribution in [2.24, 2.45) is 0 Å². The van der Waals surface area contributed by atoms with Crippen LogP contribution < -0.4 is 0 Å². The van der Waals surface area contributed by atoms with Crippen molar-refractivity contribution in [2.75, 3.05) is 13.6 Å². The third-order valence-corrected chi connectivity index (χ3v) is 2.19. The molecular weight excluding hydrogens is 235 g/mol. The second-order valence-electron chi connectivity index (χ2n) is 3.69. The molecule has 1 aromatic carbocycles. The maximum atomic E-state index is 13.0. The predicted molar refractivity (Wildman–Crippen MR) is 55.7 cm³/mol. The fourth-order valence-corrected chi connectivity index (χ4v) is 1.49. The average molecular weight is 247 g/mol. The summed E-state index contributed by atoms with van der Waals surface area (Å²) in [5.41, 5.74) is 0.105. The van der Waals surface area contributed by atoms with Gasteiger partial charge in [-0.25, -0.2) is 18.0 Å². The number of hydrogen-bond donors (Lipinski definition) is 1. The molecule has 0 atom stereocenters. The highest BCUT2D eigenvalue weighted by molar-refractivity contribution is 5.89. The van der Waals surface area contributed by atoms with Crippen LogP contribution in [0.1, 0.15) is 15.9 Å². The largest absolute Gasteiger partial charge is 0.478 e. The van der Waals surface area contributed by atoms with Crippen LogP contribution in [0, 0.1) is 5.82 Å². The zero-order chi connectivity index (χ0) is 13.0. The Bertz CT molecular complexity index is 410. The zero-order valence-electron chi connectivity index (χ0n) is 9.16. The molecule has 3 nitrogen and oxygen atoms in total. The molecule has 0 saturated carbocycles. The van der Waals surface area contributed by atoms with Crippen LogP contribution in [-0.2, 0) is 6.54 Å². The van der Waals surface area contributed by atoms with E-state index < -0.39 is 24.8 Å². The van der Waals surface area contributed by atoms with Crippen molar-refractivity contribution in [3.05, 3.63) is 35.1 Å². The fraction of sp³-hybridized carbons (Fsp3) is 0.364. The van der Waals surface area contributed by atoms with E-state index >= 15 is 0 Å². The Morgan fingerprint density at radius 2 is 2.12 bits per heavy atom. The zero-order valence-corrected chi connectivity index (χ0v) is 9.16. The van der Waals surface area contributed by atoms with E-state index in [1.165, 1.54) is 11.9 Å². The predicted octanol–water partition coefficient (Wildman–Crippen LogP) is 2.22. The summed E-state index contributed by atoms with van der Waals surface area (Å²) in [5.74, 6) is -1.79. The van der Waals surface area contributed by atoms with Gasteiger partial charge in [0.2, 0.25) is 0 Å². The molecule has 0 amide bonds. The van der Waals surface area contributed by atoms with Crippen molar-refractivity contribution in [1.82, 2.24) is 4.90 Å². The molecule has 0 unspecified atom stereocenters. The van der Waals surface area contributed by atoms with E-state index in [-0.39, 0.29) is 17.7 Å². The van der Waals surface area contributed by atoms with E-state index in [0.29, 0.717) is 0 Å². The molecule has 1 N–H and O–H groups in total. The number of aromatic carboxylic acids is 1. The van der Waals surface area contributed by atoms with Gasteiger partial charge >= 0.3 is 5.97 Å². The highest BCUT2D eigenvalue weighted by Gasteiger charge is 2.14. The number of halogens is 3. The van der Waals surface area contributed by atoms with Gasteiger partial charge < -0.3 is 5.11 Å². The third kappa shape index (κ3) is 4.07. The molecule has 1 rings (SSSR count). The summed E-state index contributed by atoms with van der Waals surface area (Å²) in [5, 5.41) is 8.86. The number of alkyl halides is 2. The van der Waals surface area contributed by atoms with Gasteiger partial charge in [-0.2, -0.15) is 0 Å². The number of nitrogens with zero attached hydrogens (tertiary/aromatic N) is 1. The van der Waals surface area contributed by atoms with Crippen LogP contribution in [-0.4, -0.2) is 36.0 Å². The lowest BCUT2D eigenvalue weighted by atomic mass is 10.1. The van der Waals surface area contributed by atoms with Gasteiger partial charge in [0.05, 0.1) is 12.1 Å². The van der Waals surface area contributed by atoms with Crippen LogP contribution >= 0.6 is 0 Å². The quantitative estimate of drug-likeness (QED) is 0.867. The molecule has 0 fully saturated rings. The van der Waals surface area contributed by atoms with Gasteiger partial charge in [0, 0.05) is 6.54 Å². The topological polar surface area (TPSA) is 40.5 Å². The molecule has 0 saturated heterocycles. The van der Waals surface area contributed by atoms with Gasteiger partial charge in [0.15, 0.2) is 0 Å². The van der Waals surface area contributed by atoms with Crippen molar-refractivity contribution < 1.29 is 23.1 Å². The van der Waals surface area contributed by atoms with E-state index in [2.05, 4.69) is 0 Å². The molecule has 0 aliphatic carbocycles. The van der Waals surface area contributed by atoms with Crippen molar-refractivity contribution in [2.45, 2.75) is 13.0 Å². The Morgan fingerprint density at radius 1 is 1.47 bits per heavy atom. The van der Waals surface area contributed by atoms with E-state index in [1.807, 2.05) is 0 Å². The van der Waals surface area contributed by atoms with Crippen LogP contribution in [0.5, 0.6) is 0 Å². The van der Waals surface area contributed by atoms with Crippen molar-refractivity contribution in [3.63, 3.8) is 0 Å². The first-order chi connectivity index (χ1) is 7.90. The summed E-state index contributed by atoms with van der Waals surface area (Å²) in [6.45, 7) is -0.528. The summed E-state index contributed by atoms with van der Waals surface area (Å²) in [4.78, 5) is 12.1. The second-order valence-corrected chi connectivity index (χ2v) is 3.69.